The third-order valence-electron chi connectivity index (χ3n) is 3.88. The molecule has 1 aliphatic heterocycles. The molecule has 0 bridgehead atoms. The Bertz CT molecular complexity index is 665. The van der Waals surface area contributed by atoms with Crippen molar-refractivity contribution in [2.75, 3.05) is 30.4 Å². The second-order valence-corrected chi connectivity index (χ2v) is 5.87. The van der Waals surface area contributed by atoms with Gasteiger partial charge in [0.2, 0.25) is 5.91 Å². The number of hydrogen-bond donors (Lipinski definition) is 2. The lowest BCUT2D eigenvalue weighted by atomic mass is 10.2. The van der Waals surface area contributed by atoms with Crippen LogP contribution in [0.1, 0.15) is 19.8 Å². The zero-order valence-electron chi connectivity index (χ0n) is 13.6. The summed E-state index contributed by atoms with van der Waals surface area (Å²) in [6, 6.07) is 3.57. The van der Waals surface area contributed by atoms with E-state index in [9.17, 15) is 18.8 Å². The fraction of sp³-hybridized carbons (Fsp3) is 0.438. The van der Waals surface area contributed by atoms with Crippen molar-refractivity contribution in [3.63, 3.8) is 0 Å². The van der Waals surface area contributed by atoms with Crippen LogP contribution >= 0.6 is 0 Å². The van der Waals surface area contributed by atoms with Crippen molar-refractivity contribution in [1.29, 1.82) is 0 Å². The third kappa shape index (κ3) is 4.01. The van der Waals surface area contributed by atoms with Crippen LogP contribution in [-0.4, -0.2) is 48.1 Å². The molecule has 1 aromatic carbocycles. The molecule has 24 heavy (non-hydrogen) atoms. The minimum absolute atomic E-state index is 0.0318. The number of nitrogens with zero attached hydrogens (tertiary/aromatic N) is 2. The molecule has 8 heteroatoms. The number of carboxylic acids is 1. The highest BCUT2D eigenvalue weighted by Gasteiger charge is 2.24. The zero-order chi connectivity index (χ0) is 17.9. The number of rotatable bonds is 5. The van der Waals surface area contributed by atoms with E-state index >= 15 is 0 Å². The summed E-state index contributed by atoms with van der Waals surface area (Å²) in [7, 11) is 1.46. The van der Waals surface area contributed by atoms with Crippen molar-refractivity contribution in [2.45, 2.75) is 19.8 Å². The summed E-state index contributed by atoms with van der Waals surface area (Å²) in [6.07, 6.45) is 1.10. The maximum atomic E-state index is 14.2. The van der Waals surface area contributed by atoms with Gasteiger partial charge in [-0.15, -0.1) is 0 Å². The summed E-state index contributed by atoms with van der Waals surface area (Å²) in [5.74, 6) is -2.42. The first-order chi connectivity index (χ1) is 11.3. The van der Waals surface area contributed by atoms with E-state index in [0.717, 1.165) is 6.07 Å². The summed E-state index contributed by atoms with van der Waals surface area (Å²) in [4.78, 5) is 37.1. The largest absolute Gasteiger partial charge is 0.481 e. The maximum absolute atomic E-state index is 14.2. The summed E-state index contributed by atoms with van der Waals surface area (Å²) >= 11 is 0. The standard InChI is InChI=1S/C16H20FN3O4/c1-10(15(22)23)9-19(2)16(24)18-11-5-6-13(12(17)8-11)20-7-3-4-14(20)21/h5-6,8,10H,3-4,7,9H2,1-2H3,(H,18,24)(H,22,23). The number of nitrogens with one attached hydrogen (secondary N) is 1. The molecule has 0 spiro atoms. The van der Waals surface area contributed by atoms with Gasteiger partial charge in [0, 0.05) is 32.2 Å². The highest BCUT2D eigenvalue weighted by atomic mass is 19.1. The number of hydrogen-bond acceptors (Lipinski definition) is 3. The Morgan fingerprint density at radius 2 is 2.17 bits per heavy atom. The van der Waals surface area contributed by atoms with E-state index in [0.29, 0.717) is 19.4 Å². The molecule has 1 aromatic rings. The zero-order valence-corrected chi connectivity index (χ0v) is 13.6. The van der Waals surface area contributed by atoms with Crippen LogP contribution in [0.4, 0.5) is 20.6 Å². The van der Waals surface area contributed by atoms with Gasteiger partial charge in [-0.3, -0.25) is 9.59 Å². The molecule has 1 heterocycles. The molecule has 0 aliphatic carbocycles. The predicted octanol–water partition coefficient (Wildman–Crippen LogP) is 2.14. The van der Waals surface area contributed by atoms with E-state index in [1.807, 2.05) is 0 Å². The van der Waals surface area contributed by atoms with E-state index < -0.39 is 23.7 Å². The molecular formula is C16H20FN3O4. The highest BCUT2D eigenvalue weighted by molar-refractivity contribution is 5.96. The van der Waals surface area contributed by atoms with Gasteiger partial charge in [-0.1, -0.05) is 6.92 Å². The van der Waals surface area contributed by atoms with Gasteiger partial charge in [0.25, 0.3) is 0 Å². The minimum Gasteiger partial charge on any atom is -0.481 e. The van der Waals surface area contributed by atoms with Crippen LogP contribution < -0.4 is 10.2 Å². The Labute approximate surface area is 139 Å². The first kappa shape index (κ1) is 17.7. The van der Waals surface area contributed by atoms with Gasteiger partial charge in [0.15, 0.2) is 0 Å². The molecule has 1 fully saturated rings. The number of amides is 3. The van der Waals surface area contributed by atoms with Crippen LogP contribution in [0, 0.1) is 11.7 Å². The van der Waals surface area contributed by atoms with Crippen LogP contribution in [0.5, 0.6) is 0 Å². The SMILES string of the molecule is CC(CN(C)C(=O)Nc1ccc(N2CCCC2=O)c(F)c1)C(=O)O. The van der Waals surface area contributed by atoms with Crippen molar-refractivity contribution in [1.82, 2.24) is 4.90 Å². The van der Waals surface area contributed by atoms with Gasteiger partial charge in [-0.25, -0.2) is 9.18 Å². The van der Waals surface area contributed by atoms with Crippen molar-refractivity contribution in [2.24, 2.45) is 5.92 Å². The van der Waals surface area contributed by atoms with E-state index in [1.54, 1.807) is 0 Å². The fourth-order valence-corrected chi connectivity index (χ4v) is 2.50. The number of aliphatic carboxylic acids is 1. The topological polar surface area (TPSA) is 90.0 Å². The Morgan fingerprint density at radius 1 is 1.46 bits per heavy atom. The predicted molar refractivity (Wildman–Crippen MR) is 86.4 cm³/mol. The molecule has 1 saturated heterocycles. The van der Waals surface area contributed by atoms with Crippen molar-refractivity contribution in [3.8, 4) is 0 Å². The summed E-state index contributed by atoms with van der Waals surface area (Å²) < 4.78 is 14.2. The molecule has 3 amide bonds. The van der Waals surface area contributed by atoms with Crippen molar-refractivity contribution >= 4 is 29.3 Å². The average Bonchev–Trinajstić information content (AvgIpc) is 2.93. The first-order valence-electron chi connectivity index (χ1n) is 7.64. The summed E-state index contributed by atoms with van der Waals surface area (Å²) in [5.41, 5.74) is 0.436. The van der Waals surface area contributed by atoms with Crippen molar-refractivity contribution in [3.05, 3.63) is 24.0 Å². The number of urea groups is 1. The van der Waals surface area contributed by atoms with E-state index in [4.69, 9.17) is 5.11 Å². The van der Waals surface area contributed by atoms with E-state index in [1.165, 1.54) is 35.9 Å². The van der Waals surface area contributed by atoms with E-state index in [-0.39, 0.29) is 23.8 Å². The molecule has 0 saturated carbocycles. The number of carbonyl (C=O) groups excluding carboxylic acids is 2. The molecule has 2 rings (SSSR count). The molecule has 0 radical (unpaired) electrons. The second kappa shape index (κ2) is 7.29. The van der Waals surface area contributed by atoms with Gasteiger partial charge in [-0.05, 0) is 24.6 Å². The Balaban J connectivity index is 2.02. The summed E-state index contributed by atoms with van der Waals surface area (Å²) in [5, 5.41) is 11.4. The molecular weight excluding hydrogens is 317 g/mol. The minimum atomic E-state index is -1.000. The van der Waals surface area contributed by atoms with Gasteiger partial charge >= 0.3 is 12.0 Å². The fourth-order valence-electron chi connectivity index (χ4n) is 2.50. The number of benzene rings is 1. The maximum Gasteiger partial charge on any atom is 0.321 e. The Morgan fingerprint density at radius 3 is 2.71 bits per heavy atom. The molecule has 0 aromatic heterocycles. The number of carboxylic acid groups (broad SMARTS) is 1. The van der Waals surface area contributed by atoms with Crippen molar-refractivity contribution < 1.29 is 23.9 Å². The van der Waals surface area contributed by atoms with Crippen LogP contribution in [0.2, 0.25) is 0 Å². The first-order valence-corrected chi connectivity index (χ1v) is 7.64. The molecule has 1 atom stereocenters. The quantitative estimate of drug-likeness (QED) is 0.861. The van der Waals surface area contributed by atoms with Crippen LogP contribution in [0.3, 0.4) is 0 Å². The molecule has 1 unspecified atom stereocenters. The molecule has 1 aliphatic rings. The lowest BCUT2D eigenvalue weighted by Gasteiger charge is -2.21. The molecule has 2 N–H and O–H groups in total. The Hall–Kier alpha value is -2.64. The average molecular weight is 337 g/mol. The van der Waals surface area contributed by atoms with Crippen LogP contribution in [-0.2, 0) is 9.59 Å². The Kier molecular flexibility index (Phi) is 5.38. The van der Waals surface area contributed by atoms with Gasteiger partial charge in [0.05, 0.1) is 11.6 Å². The molecule has 130 valence electrons. The van der Waals surface area contributed by atoms with Gasteiger partial charge in [0.1, 0.15) is 5.82 Å². The number of halogens is 1. The third-order valence-corrected chi connectivity index (χ3v) is 3.88. The highest BCUT2D eigenvalue weighted by Crippen LogP contribution is 2.26. The van der Waals surface area contributed by atoms with Crippen LogP contribution in [0.25, 0.3) is 0 Å². The number of carbonyl (C=O) groups is 3. The lowest BCUT2D eigenvalue weighted by molar-refractivity contribution is -0.141. The normalized spacial score (nSPS) is 15.3. The van der Waals surface area contributed by atoms with Gasteiger partial charge < -0.3 is 20.2 Å². The molecule has 7 nitrogen and oxygen atoms in total. The van der Waals surface area contributed by atoms with E-state index in [2.05, 4.69) is 5.32 Å². The number of anilines is 2. The van der Waals surface area contributed by atoms with Gasteiger partial charge in [-0.2, -0.15) is 0 Å². The lowest BCUT2D eigenvalue weighted by Crippen LogP contribution is -2.36. The van der Waals surface area contributed by atoms with Crippen LogP contribution in [0.15, 0.2) is 18.2 Å². The summed E-state index contributed by atoms with van der Waals surface area (Å²) in [6.45, 7) is 2.01. The monoisotopic (exact) mass is 337 g/mol. The second-order valence-electron chi connectivity index (χ2n) is 5.87. The smallest absolute Gasteiger partial charge is 0.321 e.